The van der Waals surface area contributed by atoms with E-state index in [1.807, 2.05) is 0 Å². The van der Waals surface area contributed by atoms with E-state index < -0.39 is 12.2 Å². The monoisotopic (exact) mass is 310 g/mol. The summed E-state index contributed by atoms with van der Waals surface area (Å²) in [5, 5.41) is 19.5. The third-order valence-electron chi connectivity index (χ3n) is 3.11. The number of rotatable bonds is 1. The summed E-state index contributed by atoms with van der Waals surface area (Å²) >= 11 is 3.40. The Hall–Kier alpha value is -1.44. The summed E-state index contributed by atoms with van der Waals surface area (Å²) in [7, 11) is 0. The van der Waals surface area contributed by atoms with Gasteiger partial charge in [-0.1, -0.05) is 12.2 Å². The summed E-state index contributed by atoms with van der Waals surface area (Å²) in [6, 6.07) is -0.358. The van der Waals surface area contributed by atoms with Gasteiger partial charge in [-0.25, -0.2) is 9.97 Å². The van der Waals surface area contributed by atoms with E-state index >= 15 is 0 Å². The number of fused-ring (bicyclic) bond motifs is 1. The Balaban J connectivity index is 2.19. The lowest BCUT2D eigenvalue weighted by atomic mass is 10.2. The van der Waals surface area contributed by atoms with E-state index in [1.165, 1.54) is 0 Å². The Morgan fingerprint density at radius 1 is 1.28 bits per heavy atom. The van der Waals surface area contributed by atoms with Crippen molar-refractivity contribution in [2.24, 2.45) is 0 Å². The molecule has 0 spiro atoms. The molecule has 0 unspecified atom stereocenters. The Bertz CT molecular complexity index is 639. The van der Waals surface area contributed by atoms with E-state index in [-0.39, 0.29) is 6.04 Å². The second-order valence-electron chi connectivity index (χ2n) is 4.20. The summed E-state index contributed by atoms with van der Waals surface area (Å²) < 4.78 is 2.51. The zero-order chi connectivity index (χ0) is 12.9. The molecule has 0 saturated carbocycles. The second-order valence-corrected chi connectivity index (χ2v) is 5.05. The van der Waals surface area contributed by atoms with Crippen molar-refractivity contribution in [2.75, 3.05) is 5.73 Å². The molecule has 4 N–H and O–H groups in total. The standard InChI is InChI=1S/C11H11BrN4O2/c12-5-3-14-11(13)8-9(5)16(4-15-8)6-1-2-7(17)10(6)18/h1-4,6-7,10,17-18H,(H2,13,14)/t6-,7-,10+/m0/s1. The maximum atomic E-state index is 9.93. The molecule has 0 aliphatic heterocycles. The van der Waals surface area contributed by atoms with Crippen LogP contribution in [0.4, 0.5) is 5.82 Å². The maximum Gasteiger partial charge on any atom is 0.151 e. The molecule has 0 bridgehead atoms. The van der Waals surface area contributed by atoms with Crippen molar-refractivity contribution in [3.63, 3.8) is 0 Å². The Morgan fingerprint density at radius 2 is 2.06 bits per heavy atom. The van der Waals surface area contributed by atoms with Crippen LogP contribution < -0.4 is 5.73 Å². The summed E-state index contributed by atoms with van der Waals surface area (Å²) in [6.07, 6.45) is 4.76. The fourth-order valence-electron chi connectivity index (χ4n) is 2.17. The average Bonchev–Trinajstić information content (AvgIpc) is 2.91. The van der Waals surface area contributed by atoms with Gasteiger partial charge in [-0.3, -0.25) is 0 Å². The number of hydrogen-bond acceptors (Lipinski definition) is 5. The number of nitrogens with two attached hydrogens (primary N) is 1. The summed E-state index contributed by atoms with van der Waals surface area (Å²) in [4.78, 5) is 8.21. The molecule has 0 amide bonds. The van der Waals surface area contributed by atoms with Gasteiger partial charge >= 0.3 is 0 Å². The first-order valence-electron chi connectivity index (χ1n) is 5.40. The number of anilines is 1. The van der Waals surface area contributed by atoms with E-state index in [1.54, 1.807) is 29.2 Å². The molecule has 6 nitrogen and oxygen atoms in total. The topological polar surface area (TPSA) is 97.2 Å². The third kappa shape index (κ3) is 1.55. The van der Waals surface area contributed by atoms with Gasteiger partial charge in [0.25, 0.3) is 0 Å². The molecular weight excluding hydrogens is 300 g/mol. The van der Waals surface area contributed by atoms with Crippen LogP contribution in [0.1, 0.15) is 6.04 Å². The van der Waals surface area contributed by atoms with Gasteiger partial charge in [0, 0.05) is 6.20 Å². The summed E-state index contributed by atoms with van der Waals surface area (Å²) in [5.74, 6) is 0.337. The lowest BCUT2D eigenvalue weighted by molar-refractivity contribution is 0.0376. The number of nitrogen functional groups attached to an aromatic ring is 1. The third-order valence-corrected chi connectivity index (χ3v) is 3.69. The number of aliphatic hydroxyl groups excluding tert-OH is 2. The predicted molar refractivity (Wildman–Crippen MR) is 69.8 cm³/mol. The maximum absolute atomic E-state index is 9.93. The fraction of sp³-hybridized carbons (Fsp3) is 0.273. The lowest BCUT2D eigenvalue weighted by Gasteiger charge is -2.19. The molecule has 0 aromatic carbocycles. The summed E-state index contributed by atoms with van der Waals surface area (Å²) in [5.41, 5.74) is 7.09. The molecule has 7 heteroatoms. The molecule has 3 atom stereocenters. The molecule has 1 aliphatic rings. The minimum Gasteiger partial charge on any atom is -0.388 e. The zero-order valence-corrected chi connectivity index (χ0v) is 10.8. The van der Waals surface area contributed by atoms with Crippen LogP contribution in [-0.4, -0.2) is 37.0 Å². The lowest BCUT2D eigenvalue weighted by Crippen LogP contribution is -2.27. The van der Waals surface area contributed by atoms with Gasteiger partial charge in [-0.2, -0.15) is 0 Å². The van der Waals surface area contributed by atoms with Crippen LogP contribution in [0.3, 0.4) is 0 Å². The smallest absolute Gasteiger partial charge is 0.151 e. The highest BCUT2D eigenvalue weighted by Crippen LogP contribution is 2.32. The van der Waals surface area contributed by atoms with Gasteiger partial charge in [0.05, 0.1) is 22.4 Å². The Labute approximate surface area is 111 Å². The van der Waals surface area contributed by atoms with Gasteiger partial charge in [-0.05, 0) is 15.9 Å². The van der Waals surface area contributed by atoms with E-state index in [2.05, 4.69) is 25.9 Å². The summed E-state index contributed by atoms with van der Waals surface area (Å²) in [6.45, 7) is 0. The second kappa shape index (κ2) is 4.04. The van der Waals surface area contributed by atoms with Crippen LogP contribution in [-0.2, 0) is 0 Å². The van der Waals surface area contributed by atoms with Crippen molar-refractivity contribution < 1.29 is 10.2 Å². The highest BCUT2D eigenvalue weighted by Gasteiger charge is 2.31. The van der Waals surface area contributed by atoms with E-state index in [4.69, 9.17) is 5.73 Å². The van der Waals surface area contributed by atoms with Gasteiger partial charge in [-0.15, -0.1) is 0 Å². The van der Waals surface area contributed by atoms with Crippen molar-refractivity contribution in [1.82, 2.24) is 14.5 Å². The van der Waals surface area contributed by atoms with Gasteiger partial charge in [0.2, 0.25) is 0 Å². The zero-order valence-electron chi connectivity index (χ0n) is 9.23. The van der Waals surface area contributed by atoms with Crippen LogP contribution >= 0.6 is 15.9 Å². The molecule has 2 aromatic rings. The molecule has 0 saturated heterocycles. The highest BCUT2D eigenvalue weighted by atomic mass is 79.9. The van der Waals surface area contributed by atoms with E-state index in [9.17, 15) is 10.2 Å². The van der Waals surface area contributed by atoms with Crippen molar-refractivity contribution in [1.29, 1.82) is 0 Å². The van der Waals surface area contributed by atoms with Crippen LogP contribution in [0.2, 0.25) is 0 Å². The fourth-order valence-corrected chi connectivity index (χ4v) is 2.67. The number of nitrogens with zero attached hydrogens (tertiary/aromatic N) is 3. The molecule has 18 heavy (non-hydrogen) atoms. The van der Waals surface area contributed by atoms with Crippen LogP contribution in [0.5, 0.6) is 0 Å². The number of aliphatic hydroxyl groups is 2. The van der Waals surface area contributed by atoms with Crippen LogP contribution in [0.25, 0.3) is 11.0 Å². The number of halogens is 1. The predicted octanol–water partition coefficient (Wildman–Crippen LogP) is 0.609. The van der Waals surface area contributed by atoms with Crippen molar-refractivity contribution in [2.45, 2.75) is 18.2 Å². The molecule has 94 valence electrons. The molecular formula is C11H11BrN4O2. The molecule has 0 fully saturated rings. The quantitative estimate of drug-likeness (QED) is 0.670. The molecule has 2 aromatic heterocycles. The highest BCUT2D eigenvalue weighted by molar-refractivity contribution is 9.10. The van der Waals surface area contributed by atoms with Crippen molar-refractivity contribution in [3.05, 3.63) is 29.1 Å². The van der Waals surface area contributed by atoms with Crippen molar-refractivity contribution >= 4 is 32.8 Å². The van der Waals surface area contributed by atoms with Gasteiger partial charge < -0.3 is 20.5 Å². The largest absolute Gasteiger partial charge is 0.388 e. The number of aromatic nitrogens is 3. The first-order valence-corrected chi connectivity index (χ1v) is 6.20. The molecule has 2 heterocycles. The van der Waals surface area contributed by atoms with Crippen LogP contribution in [0, 0.1) is 0 Å². The number of pyridine rings is 1. The first kappa shape index (κ1) is 11.6. The van der Waals surface area contributed by atoms with Gasteiger partial charge in [0.15, 0.2) is 5.82 Å². The Kier molecular flexibility index (Phi) is 2.61. The first-order chi connectivity index (χ1) is 8.59. The average molecular weight is 311 g/mol. The molecule has 3 rings (SSSR count). The number of hydrogen-bond donors (Lipinski definition) is 3. The van der Waals surface area contributed by atoms with Crippen LogP contribution in [0.15, 0.2) is 29.1 Å². The van der Waals surface area contributed by atoms with Crippen molar-refractivity contribution in [3.8, 4) is 0 Å². The van der Waals surface area contributed by atoms with E-state index in [0.717, 1.165) is 9.99 Å². The minimum atomic E-state index is -0.885. The minimum absolute atomic E-state index is 0.337. The molecule has 1 aliphatic carbocycles. The normalized spacial score (nSPS) is 27.2. The number of imidazole rings is 1. The SMILES string of the molecule is Nc1ncc(Br)c2c1ncn2[C@H]1C=C[C@H](O)[C@@H]1O. The van der Waals surface area contributed by atoms with Gasteiger partial charge in [0.1, 0.15) is 17.7 Å². The molecule has 0 radical (unpaired) electrons. The van der Waals surface area contributed by atoms with E-state index in [0.29, 0.717) is 11.3 Å². The Morgan fingerprint density at radius 3 is 2.72 bits per heavy atom.